The number of nitrogens with zero attached hydrogens (tertiary/aromatic N) is 3. The first-order valence-corrected chi connectivity index (χ1v) is 10.8. The van der Waals surface area contributed by atoms with Crippen LogP contribution in [0.5, 0.6) is 0 Å². The Bertz CT molecular complexity index is 526. The van der Waals surface area contributed by atoms with Crippen molar-refractivity contribution in [2.24, 2.45) is 0 Å². The molecular formula is C14H26ClN3O3Si. The minimum absolute atomic E-state index is 0.124. The van der Waals surface area contributed by atoms with Crippen LogP contribution >= 0.6 is 11.6 Å². The second-order valence-electron chi connectivity index (χ2n) is 7.02. The maximum Gasteiger partial charge on any atom is 0.383 e. The third-order valence-corrected chi connectivity index (χ3v) is 9.15. The molecule has 126 valence electrons. The molecule has 6 nitrogen and oxygen atoms in total. The third kappa shape index (κ3) is 4.79. The van der Waals surface area contributed by atoms with E-state index in [1.807, 2.05) is 0 Å². The van der Waals surface area contributed by atoms with Crippen molar-refractivity contribution in [3.8, 4) is 0 Å². The van der Waals surface area contributed by atoms with Crippen LogP contribution in [0.1, 0.15) is 40.5 Å². The summed E-state index contributed by atoms with van der Waals surface area (Å²) in [5.41, 5.74) is 0. The van der Waals surface area contributed by atoms with Crippen LogP contribution in [0.4, 0.5) is 5.82 Å². The molecule has 22 heavy (non-hydrogen) atoms. The molecule has 0 spiro atoms. The van der Waals surface area contributed by atoms with E-state index in [-0.39, 0.29) is 22.2 Å². The number of imidazole rings is 1. The van der Waals surface area contributed by atoms with Crippen LogP contribution in [0.25, 0.3) is 0 Å². The summed E-state index contributed by atoms with van der Waals surface area (Å²) >= 11 is 5.94. The fourth-order valence-electron chi connectivity index (χ4n) is 1.85. The molecule has 0 amide bonds. The van der Waals surface area contributed by atoms with Crippen molar-refractivity contribution in [1.82, 2.24) is 9.55 Å². The Kier molecular flexibility index (Phi) is 6.17. The summed E-state index contributed by atoms with van der Waals surface area (Å²) in [4.78, 5) is 13.9. The Labute approximate surface area is 138 Å². The number of aromatic nitrogens is 2. The summed E-state index contributed by atoms with van der Waals surface area (Å²) in [7, 11) is -1.82. The van der Waals surface area contributed by atoms with Crippen molar-refractivity contribution in [2.45, 2.75) is 71.3 Å². The van der Waals surface area contributed by atoms with Gasteiger partial charge in [-0.1, -0.05) is 27.7 Å². The Morgan fingerprint density at radius 1 is 1.50 bits per heavy atom. The summed E-state index contributed by atoms with van der Waals surface area (Å²) in [6.45, 7) is 13.7. The molecule has 1 aromatic heterocycles. The maximum atomic E-state index is 10.7. The van der Waals surface area contributed by atoms with Crippen LogP contribution in [0, 0.1) is 10.1 Å². The second-order valence-corrected chi connectivity index (χ2v) is 12.1. The molecule has 1 heterocycles. The summed E-state index contributed by atoms with van der Waals surface area (Å²) in [6.07, 6.45) is 3.16. The van der Waals surface area contributed by atoms with Gasteiger partial charge in [0.1, 0.15) is 6.20 Å². The highest BCUT2D eigenvalue weighted by Crippen LogP contribution is 2.38. The number of rotatable bonds is 7. The normalized spacial score (nSPS) is 14.1. The third-order valence-electron chi connectivity index (χ3n) is 4.32. The minimum Gasteiger partial charge on any atom is -0.414 e. The molecule has 0 aromatic carbocycles. The van der Waals surface area contributed by atoms with Crippen LogP contribution < -0.4 is 0 Å². The molecule has 0 bridgehead atoms. The van der Waals surface area contributed by atoms with E-state index in [9.17, 15) is 10.1 Å². The van der Waals surface area contributed by atoms with Crippen molar-refractivity contribution < 1.29 is 9.35 Å². The molecular weight excluding hydrogens is 322 g/mol. The van der Waals surface area contributed by atoms with Gasteiger partial charge in [-0.2, -0.15) is 0 Å². The predicted molar refractivity (Wildman–Crippen MR) is 90.9 cm³/mol. The van der Waals surface area contributed by atoms with Gasteiger partial charge in [0.25, 0.3) is 0 Å². The highest BCUT2D eigenvalue weighted by atomic mass is 35.5. The monoisotopic (exact) mass is 347 g/mol. The molecule has 0 aliphatic heterocycles. The molecule has 0 aliphatic rings. The molecule has 0 fully saturated rings. The molecule has 1 atom stereocenters. The molecule has 0 saturated heterocycles. The maximum absolute atomic E-state index is 10.7. The van der Waals surface area contributed by atoms with Crippen LogP contribution in [0.3, 0.4) is 0 Å². The van der Waals surface area contributed by atoms with Gasteiger partial charge in [0, 0.05) is 12.6 Å². The standard InChI is InChI=1S/C14H26ClN3O3Si/c1-7-11(21-22(5,6)14(2,3)4)8-9-17-10-12(18(19)20)16-13(17)15/h10-11H,7-9H2,1-6H3. The molecule has 1 rings (SSSR count). The molecule has 0 aliphatic carbocycles. The fourth-order valence-corrected chi connectivity index (χ4v) is 3.54. The zero-order valence-corrected chi connectivity index (χ0v) is 16.0. The van der Waals surface area contributed by atoms with Gasteiger partial charge in [-0.3, -0.25) is 4.57 Å². The average molecular weight is 348 g/mol. The van der Waals surface area contributed by atoms with Crippen molar-refractivity contribution in [3.63, 3.8) is 0 Å². The first kappa shape index (κ1) is 19.1. The Morgan fingerprint density at radius 2 is 2.09 bits per heavy atom. The first-order valence-electron chi connectivity index (χ1n) is 7.53. The average Bonchev–Trinajstić information content (AvgIpc) is 2.74. The topological polar surface area (TPSA) is 70.2 Å². The van der Waals surface area contributed by atoms with Crippen LogP contribution in [0.2, 0.25) is 23.4 Å². The van der Waals surface area contributed by atoms with E-state index < -0.39 is 13.2 Å². The van der Waals surface area contributed by atoms with E-state index in [0.717, 1.165) is 12.8 Å². The Hall–Kier alpha value is -0.923. The van der Waals surface area contributed by atoms with Gasteiger partial charge in [0.05, 0.1) is 0 Å². The first-order chi connectivity index (χ1) is 9.98. The zero-order chi connectivity index (χ0) is 17.1. The summed E-state index contributed by atoms with van der Waals surface area (Å²) in [5, 5.41) is 11.0. The largest absolute Gasteiger partial charge is 0.414 e. The highest BCUT2D eigenvalue weighted by Gasteiger charge is 2.38. The number of aryl methyl sites for hydroxylation is 1. The summed E-state index contributed by atoms with van der Waals surface area (Å²) in [6, 6.07) is 0. The van der Waals surface area contributed by atoms with E-state index in [1.165, 1.54) is 6.20 Å². The van der Waals surface area contributed by atoms with E-state index in [1.54, 1.807) is 4.57 Å². The molecule has 0 N–H and O–H groups in total. The smallest absolute Gasteiger partial charge is 0.383 e. The predicted octanol–water partition coefficient (Wildman–Crippen LogP) is 4.64. The van der Waals surface area contributed by atoms with E-state index in [4.69, 9.17) is 16.0 Å². The van der Waals surface area contributed by atoms with Gasteiger partial charge < -0.3 is 14.5 Å². The van der Waals surface area contributed by atoms with Crippen molar-refractivity contribution in [3.05, 3.63) is 21.6 Å². The van der Waals surface area contributed by atoms with E-state index in [2.05, 4.69) is 45.8 Å². The van der Waals surface area contributed by atoms with Crippen LogP contribution in [-0.2, 0) is 11.0 Å². The summed E-state index contributed by atoms with van der Waals surface area (Å²) < 4.78 is 8.00. The lowest BCUT2D eigenvalue weighted by Crippen LogP contribution is -2.44. The lowest BCUT2D eigenvalue weighted by molar-refractivity contribution is -0.389. The molecule has 1 aromatic rings. The number of hydrogen-bond acceptors (Lipinski definition) is 4. The Balaban J connectivity index is 2.70. The lowest BCUT2D eigenvalue weighted by Gasteiger charge is -2.39. The number of halogens is 1. The van der Waals surface area contributed by atoms with Crippen molar-refractivity contribution in [1.29, 1.82) is 0 Å². The minimum atomic E-state index is -1.82. The molecule has 8 heteroatoms. The van der Waals surface area contributed by atoms with E-state index >= 15 is 0 Å². The second kappa shape index (κ2) is 7.10. The fraction of sp³-hybridized carbons (Fsp3) is 0.786. The quantitative estimate of drug-likeness (QED) is 0.409. The van der Waals surface area contributed by atoms with Gasteiger partial charge in [-0.25, -0.2) is 0 Å². The Morgan fingerprint density at radius 3 is 2.50 bits per heavy atom. The van der Waals surface area contributed by atoms with E-state index in [0.29, 0.717) is 6.54 Å². The number of hydrogen-bond donors (Lipinski definition) is 0. The van der Waals surface area contributed by atoms with Crippen LogP contribution in [-0.4, -0.2) is 28.9 Å². The lowest BCUT2D eigenvalue weighted by atomic mass is 10.2. The van der Waals surface area contributed by atoms with Gasteiger partial charge in [-0.15, -0.1) is 0 Å². The SMILES string of the molecule is CCC(CCn1cc([N+](=O)[O-])nc1Cl)O[Si](C)(C)C(C)(C)C. The molecule has 0 saturated carbocycles. The van der Waals surface area contributed by atoms with Gasteiger partial charge in [-0.05, 0) is 52.5 Å². The summed E-state index contributed by atoms with van der Waals surface area (Å²) in [5.74, 6) is -0.219. The molecule has 0 radical (unpaired) electrons. The number of nitro groups is 1. The zero-order valence-electron chi connectivity index (χ0n) is 14.2. The van der Waals surface area contributed by atoms with Crippen LogP contribution in [0.15, 0.2) is 6.20 Å². The van der Waals surface area contributed by atoms with Gasteiger partial charge in [0.15, 0.2) is 8.32 Å². The van der Waals surface area contributed by atoms with Gasteiger partial charge >= 0.3 is 11.1 Å². The van der Waals surface area contributed by atoms with Crippen molar-refractivity contribution >= 4 is 25.7 Å². The highest BCUT2D eigenvalue weighted by molar-refractivity contribution is 6.74. The molecule has 1 unspecified atom stereocenters. The van der Waals surface area contributed by atoms with Gasteiger partial charge in [0.2, 0.25) is 0 Å². The van der Waals surface area contributed by atoms with Crippen molar-refractivity contribution in [2.75, 3.05) is 0 Å².